The van der Waals surface area contributed by atoms with E-state index in [4.69, 9.17) is 0 Å². The molecular formula is C6H10N2O2S. The molecule has 1 aromatic rings. The first-order chi connectivity index (χ1) is 5.06. The number of nitrogens with one attached hydrogen (secondary N) is 1. The normalized spacial score (nSPS) is 11.9. The van der Waals surface area contributed by atoms with E-state index in [-0.39, 0.29) is 4.75 Å². The van der Waals surface area contributed by atoms with E-state index in [1.807, 2.05) is 20.1 Å². The first kappa shape index (κ1) is 8.39. The molecule has 0 saturated heterocycles. The lowest BCUT2D eigenvalue weighted by Gasteiger charge is -2.16. The number of aromatic nitrogens is 2. The molecule has 11 heavy (non-hydrogen) atoms. The van der Waals surface area contributed by atoms with Crippen LogP contribution in [0.5, 0.6) is 0 Å². The fourth-order valence-electron chi connectivity index (χ4n) is 0.587. The van der Waals surface area contributed by atoms with Gasteiger partial charge in [0.15, 0.2) is 5.82 Å². The summed E-state index contributed by atoms with van der Waals surface area (Å²) in [5.41, 5.74) is 0. The minimum absolute atomic E-state index is 0.188. The molecule has 1 aromatic heterocycles. The smallest absolute Gasteiger partial charge is 0.296 e. The first-order valence-corrected chi connectivity index (χ1v) is 4.40. The van der Waals surface area contributed by atoms with Crippen LogP contribution in [-0.4, -0.2) is 16.4 Å². The van der Waals surface area contributed by atoms with Crippen molar-refractivity contribution in [3.63, 3.8) is 0 Å². The van der Waals surface area contributed by atoms with Crippen LogP contribution < -0.4 is 5.76 Å². The lowest BCUT2D eigenvalue weighted by atomic mass is 10.2. The van der Waals surface area contributed by atoms with Crippen molar-refractivity contribution in [1.82, 2.24) is 10.1 Å². The highest BCUT2D eigenvalue weighted by molar-refractivity contribution is 7.99. The average Bonchev–Trinajstić information content (AvgIpc) is 2.36. The second kappa shape index (κ2) is 2.73. The largest absolute Gasteiger partial charge is 0.438 e. The average molecular weight is 174 g/mol. The van der Waals surface area contributed by atoms with Crippen molar-refractivity contribution in [3.05, 3.63) is 16.4 Å². The Kier molecular flexibility index (Phi) is 2.08. The van der Waals surface area contributed by atoms with Crippen molar-refractivity contribution >= 4 is 11.8 Å². The summed E-state index contributed by atoms with van der Waals surface area (Å²) >= 11 is 1.60. The number of nitrogens with zero attached hydrogens (tertiary/aromatic N) is 1. The highest BCUT2D eigenvalue weighted by atomic mass is 32.2. The third-order valence-electron chi connectivity index (χ3n) is 1.52. The van der Waals surface area contributed by atoms with Gasteiger partial charge in [0, 0.05) is 0 Å². The summed E-state index contributed by atoms with van der Waals surface area (Å²) in [6.07, 6.45) is 1.95. The van der Waals surface area contributed by atoms with Crippen LogP contribution in [0.25, 0.3) is 0 Å². The van der Waals surface area contributed by atoms with Crippen molar-refractivity contribution in [2.24, 2.45) is 0 Å². The molecule has 0 radical (unpaired) electrons. The maximum absolute atomic E-state index is 10.6. The van der Waals surface area contributed by atoms with Crippen LogP contribution in [0.2, 0.25) is 0 Å². The van der Waals surface area contributed by atoms with Crippen LogP contribution in [0.3, 0.4) is 0 Å². The number of hydrogen-bond acceptors (Lipinski definition) is 4. The van der Waals surface area contributed by atoms with Crippen LogP contribution in [0.1, 0.15) is 19.7 Å². The van der Waals surface area contributed by atoms with Crippen LogP contribution in [-0.2, 0) is 4.75 Å². The Balaban J connectivity index is 3.01. The lowest BCUT2D eigenvalue weighted by molar-refractivity contribution is 0.377. The van der Waals surface area contributed by atoms with E-state index in [1.165, 1.54) is 0 Å². The Morgan fingerprint density at radius 2 is 2.27 bits per heavy atom. The highest BCUT2D eigenvalue weighted by Gasteiger charge is 2.23. The van der Waals surface area contributed by atoms with Gasteiger partial charge in [-0.25, -0.2) is 4.79 Å². The molecule has 1 N–H and O–H groups in total. The number of hydrogen-bond donors (Lipinski definition) is 1. The maximum Gasteiger partial charge on any atom is 0.438 e. The third kappa shape index (κ3) is 1.65. The van der Waals surface area contributed by atoms with Gasteiger partial charge < -0.3 is 0 Å². The molecule has 0 aliphatic carbocycles. The summed E-state index contributed by atoms with van der Waals surface area (Å²) < 4.78 is 4.19. The predicted molar refractivity (Wildman–Crippen MR) is 43.7 cm³/mol. The van der Waals surface area contributed by atoms with Crippen LogP contribution in [0, 0.1) is 0 Å². The SMILES string of the molecule is CSC(C)(C)c1noc(=O)[nH]1. The molecule has 0 atom stereocenters. The van der Waals surface area contributed by atoms with E-state index in [9.17, 15) is 4.79 Å². The van der Waals surface area contributed by atoms with Gasteiger partial charge in [0.2, 0.25) is 0 Å². The molecule has 5 heteroatoms. The predicted octanol–water partition coefficient (Wildman–Crippen LogP) is 0.961. The van der Waals surface area contributed by atoms with Gasteiger partial charge in [-0.2, -0.15) is 11.8 Å². The highest BCUT2D eigenvalue weighted by Crippen LogP contribution is 2.29. The molecule has 0 aliphatic heterocycles. The topological polar surface area (TPSA) is 58.9 Å². The Morgan fingerprint density at radius 3 is 2.64 bits per heavy atom. The van der Waals surface area contributed by atoms with Crippen molar-refractivity contribution < 1.29 is 4.52 Å². The number of H-pyrrole nitrogens is 1. The van der Waals surface area contributed by atoms with E-state index in [2.05, 4.69) is 14.7 Å². The summed E-state index contributed by atoms with van der Waals surface area (Å²) in [6, 6.07) is 0. The van der Waals surface area contributed by atoms with Gasteiger partial charge in [-0.05, 0) is 20.1 Å². The van der Waals surface area contributed by atoms with E-state index in [0.29, 0.717) is 5.82 Å². The summed E-state index contributed by atoms with van der Waals surface area (Å²) in [4.78, 5) is 13.1. The standard InChI is InChI=1S/C6H10N2O2S/c1-6(2,11-3)4-7-5(9)10-8-4/h1-3H3,(H,7,8,9). The molecule has 1 heterocycles. The zero-order chi connectivity index (χ0) is 8.48. The van der Waals surface area contributed by atoms with Gasteiger partial charge in [0.05, 0.1) is 4.75 Å². The minimum Gasteiger partial charge on any atom is -0.296 e. The van der Waals surface area contributed by atoms with Gasteiger partial charge >= 0.3 is 5.76 Å². The number of aromatic amines is 1. The fraction of sp³-hybridized carbons (Fsp3) is 0.667. The van der Waals surface area contributed by atoms with E-state index >= 15 is 0 Å². The van der Waals surface area contributed by atoms with Crippen molar-refractivity contribution in [1.29, 1.82) is 0 Å². The monoisotopic (exact) mass is 174 g/mol. The Hall–Kier alpha value is -0.710. The van der Waals surface area contributed by atoms with Crippen LogP contribution >= 0.6 is 11.8 Å². The zero-order valence-corrected chi connectivity index (χ0v) is 7.49. The van der Waals surface area contributed by atoms with Crippen LogP contribution in [0.4, 0.5) is 0 Å². The molecule has 0 spiro atoms. The Bertz CT molecular complexity index is 289. The summed E-state index contributed by atoms with van der Waals surface area (Å²) in [5, 5.41) is 3.59. The molecule has 0 bridgehead atoms. The number of thioether (sulfide) groups is 1. The second-order valence-corrected chi connectivity index (χ2v) is 4.09. The Labute approximate surface area is 68.4 Å². The Morgan fingerprint density at radius 1 is 1.64 bits per heavy atom. The third-order valence-corrected chi connectivity index (χ3v) is 2.73. The van der Waals surface area contributed by atoms with E-state index in [0.717, 1.165) is 0 Å². The van der Waals surface area contributed by atoms with Gasteiger partial charge in [0.25, 0.3) is 0 Å². The summed E-state index contributed by atoms with van der Waals surface area (Å²) in [5.74, 6) is 0.0807. The molecule has 62 valence electrons. The molecule has 0 amide bonds. The second-order valence-electron chi connectivity index (χ2n) is 2.66. The molecule has 0 unspecified atom stereocenters. The maximum atomic E-state index is 10.6. The molecule has 0 saturated carbocycles. The summed E-state index contributed by atoms with van der Waals surface area (Å²) in [7, 11) is 0. The minimum atomic E-state index is -0.498. The molecule has 4 nitrogen and oxygen atoms in total. The van der Waals surface area contributed by atoms with Crippen LogP contribution in [0.15, 0.2) is 9.32 Å². The van der Waals surface area contributed by atoms with Crippen molar-refractivity contribution in [2.45, 2.75) is 18.6 Å². The van der Waals surface area contributed by atoms with Gasteiger partial charge in [-0.1, -0.05) is 5.16 Å². The van der Waals surface area contributed by atoms with Gasteiger partial charge in [0.1, 0.15) is 0 Å². The number of rotatable bonds is 2. The molecular weight excluding hydrogens is 164 g/mol. The molecule has 0 aliphatic rings. The fourth-order valence-corrected chi connectivity index (χ4v) is 0.868. The summed E-state index contributed by atoms with van der Waals surface area (Å²) in [6.45, 7) is 3.93. The van der Waals surface area contributed by atoms with E-state index < -0.39 is 5.76 Å². The zero-order valence-electron chi connectivity index (χ0n) is 6.67. The first-order valence-electron chi connectivity index (χ1n) is 3.18. The quantitative estimate of drug-likeness (QED) is 0.725. The van der Waals surface area contributed by atoms with Crippen molar-refractivity contribution in [3.8, 4) is 0 Å². The molecule has 1 rings (SSSR count). The van der Waals surface area contributed by atoms with E-state index in [1.54, 1.807) is 11.8 Å². The molecule has 0 aromatic carbocycles. The molecule has 0 fully saturated rings. The van der Waals surface area contributed by atoms with Crippen molar-refractivity contribution in [2.75, 3.05) is 6.26 Å². The lowest BCUT2D eigenvalue weighted by Crippen LogP contribution is -2.14. The van der Waals surface area contributed by atoms with Gasteiger partial charge in [-0.15, -0.1) is 0 Å². The van der Waals surface area contributed by atoms with Gasteiger partial charge in [-0.3, -0.25) is 9.51 Å².